The summed E-state index contributed by atoms with van der Waals surface area (Å²) in [4.78, 5) is 28.6. The Morgan fingerprint density at radius 2 is 1.09 bits per heavy atom. The number of hydrogen-bond donors (Lipinski definition) is 3. The van der Waals surface area contributed by atoms with Gasteiger partial charge in [-0.1, -0.05) is 25.7 Å². The van der Waals surface area contributed by atoms with Crippen molar-refractivity contribution in [3.63, 3.8) is 0 Å². The molecule has 2 saturated heterocycles. The van der Waals surface area contributed by atoms with Crippen molar-refractivity contribution in [2.45, 2.75) is 103 Å². The second-order valence-corrected chi connectivity index (χ2v) is 17.7. The number of nitrogens with two attached hydrogens (primary N) is 1. The number of nitrogens with zero attached hydrogens (tertiary/aromatic N) is 2. The van der Waals surface area contributed by atoms with Gasteiger partial charge in [0.1, 0.15) is 24.7 Å². The standard InChI is InChI=1S/C25H40N2O4.C15H30N2O.C10H12O4.2ClH/c1-3-30-19-20-7-6-14-27(17-20)18-22-8-4-5-9-24(22)26-25(28)21-10-12-23(13-11-21)31-16-15-29-2;1-2-18-12-13-6-5-9-17(10-13)11-14-7-3-4-8-15(14)16;1-13-6-7-14-9-4-2-8(3-5-9)10(11)12;;/h10-13,20,22,24H,3-9,14-19H2,1-2H3,(H,26,28);13-15H,2-12,16H2,1H3;2-5H,6-7H2,1H3,(H,11,12);2*1H/t20-,22+,24-;13-,14+,15-;;;/m00.../s1. The molecule has 2 aliphatic carbocycles. The van der Waals surface area contributed by atoms with Crippen LogP contribution in [0.4, 0.5) is 0 Å². The number of likely N-dealkylation sites (tertiary alicyclic amines) is 2. The van der Waals surface area contributed by atoms with Crippen molar-refractivity contribution in [3.05, 3.63) is 59.7 Å². The highest BCUT2D eigenvalue weighted by molar-refractivity contribution is 5.94. The van der Waals surface area contributed by atoms with Crippen LogP contribution in [0.1, 0.15) is 112 Å². The number of rotatable bonds is 21. The molecule has 4 N–H and O–H groups in total. The zero-order chi connectivity index (χ0) is 45.1. The molecular weight excluding hydrogens is 871 g/mol. The van der Waals surface area contributed by atoms with Crippen LogP contribution in [0.3, 0.4) is 0 Å². The molecule has 0 bridgehead atoms. The number of hydrogen-bond acceptors (Lipinski definition) is 11. The Morgan fingerprint density at radius 1 is 0.631 bits per heavy atom. The van der Waals surface area contributed by atoms with E-state index < -0.39 is 5.97 Å². The van der Waals surface area contributed by atoms with Crippen molar-refractivity contribution in [1.82, 2.24) is 15.1 Å². The van der Waals surface area contributed by atoms with Gasteiger partial charge in [-0.05, 0) is 151 Å². The maximum atomic E-state index is 12.9. The van der Waals surface area contributed by atoms with E-state index in [0.717, 1.165) is 63.5 Å². The van der Waals surface area contributed by atoms with Crippen LogP contribution in [0.2, 0.25) is 0 Å². The zero-order valence-corrected chi connectivity index (χ0v) is 41.6. The van der Waals surface area contributed by atoms with Gasteiger partial charge in [0, 0.05) is 71.3 Å². The lowest BCUT2D eigenvalue weighted by Gasteiger charge is -2.39. The van der Waals surface area contributed by atoms with Crippen LogP contribution in [0.5, 0.6) is 11.5 Å². The Hall–Kier alpha value is -2.72. The van der Waals surface area contributed by atoms with Crippen LogP contribution in [0.15, 0.2) is 48.5 Å². The highest BCUT2D eigenvalue weighted by Gasteiger charge is 2.31. The van der Waals surface area contributed by atoms with E-state index in [2.05, 4.69) is 29.0 Å². The molecule has 0 aromatic heterocycles. The first-order valence-corrected chi connectivity index (χ1v) is 24.1. The van der Waals surface area contributed by atoms with E-state index >= 15 is 0 Å². The lowest BCUT2D eigenvalue weighted by Crippen LogP contribution is -2.48. The van der Waals surface area contributed by atoms with E-state index in [4.69, 9.17) is 39.3 Å². The first-order chi connectivity index (χ1) is 30.7. The molecule has 2 heterocycles. The number of carbonyl (C=O) groups is 2. The van der Waals surface area contributed by atoms with Crippen molar-refractivity contribution < 1.29 is 43.1 Å². The lowest BCUT2D eigenvalue weighted by molar-refractivity contribution is 0.0547. The summed E-state index contributed by atoms with van der Waals surface area (Å²) in [5.41, 5.74) is 7.21. The van der Waals surface area contributed by atoms with Gasteiger partial charge in [0.2, 0.25) is 0 Å². The van der Waals surface area contributed by atoms with Gasteiger partial charge in [0.15, 0.2) is 0 Å². The van der Waals surface area contributed by atoms with Gasteiger partial charge < -0.3 is 54.4 Å². The zero-order valence-electron chi connectivity index (χ0n) is 40.0. The Bertz CT molecular complexity index is 1530. The first kappa shape index (κ1) is 58.4. The molecule has 372 valence electrons. The van der Waals surface area contributed by atoms with Crippen molar-refractivity contribution in [2.24, 2.45) is 29.4 Å². The molecule has 15 heteroatoms. The summed E-state index contributed by atoms with van der Waals surface area (Å²) < 4.78 is 31.9. The third-order valence-electron chi connectivity index (χ3n) is 12.8. The summed E-state index contributed by atoms with van der Waals surface area (Å²) in [6.07, 6.45) is 15.2. The molecule has 13 nitrogen and oxygen atoms in total. The second-order valence-electron chi connectivity index (χ2n) is 17.7. The van der Waals surface area contributed by atoms with Gasteiger partial charge in [-0.3, -0.25) is 4.79 Å². The van der Waals surface area contributed by atoms with Crippen molar-refractivity contribution in [3.8, 4) is 11.5 Å². The molecule has 4 fully saturated rings. The number of aromatic carboxylic acids is 1. The number of benzene rings is 2. The van der Waals surface area contributed by atoms with Crippen LogP contribution in [-0.4, -0.2) is 145 Å². The summed E-state index contributed by atoms with van der Waals surface area (Å²) in [6, 6.07) is 14.4. The fourth-order valence-corrected chi connectivity index (χ4v) is 9.35. The average molecular weight is 956 g/mol. The Kier molecular flexibility index (Phi) is 31.0. The molecule has 0 radical (unpaired) electrons. The van der Waals surface area contributed by atoms with Crippen LogP contribution in [0, 0.1) is 23.7 Å². The van der Waals surface area contributed by atoms with Gasteiger partial charge >= 0.3 is 5.97 Å². The maximum Gasteiger partial charge on any atom is 0.335 e. The van der Waals surface area contributed by atoms with Gasteiger partial charge in [-0.2, -0.15) is 0 Å². The van der Waals surface area contributed by atoms with E-state index in [-0.39, 0.29) is 42.3 Å². The quantitative estimate of drug-likeness (QED) is 0.103. The molecule has 2 aromatic rings. The van der Waals surface area contributed by atoms with E-state index in [1.165, 1.54) is 109 Å². The third kappa shape index (κ3) is 22.8. The number of carboxylic acid groups (broad SMARTS) is 1. The number of piperidine rings is 2. The van der Waals surface area contributed by atoms with Crippen LogP contribution < -0.4 is 20.5 Å². The molecule has 2 aliphatic heterocycles. The number of ether oxygens (including phenoxy) is 6. The van der Waals surface area contributed by atoms with Crippen LogP contribution in [0.25, 0.3) is 0 Å². The molecule has 0 unspecified atom stereocenters. The van der Waals surface area contributed by atoms with Crippen molar-refractivity contribution in [2.75, 3.05) is 106 Å². The molecule has 2 aromatic carbocycles. The molecule has 2 saturated carbocycles. The number of carboxylic acids is 1. The number of amides is 1. The average Bonchev–Trinajstić information content (AvgIpc) is 3.30. The highest BCUT2D eigenvalue weighted by atomic mass is 35.5. The van der Waals surface area contributed by atoms with Crippen LogP contribution >= 0.6 is 24.8 Å². The van der Waals surface area contributed by atoms with E-state index in [1.54, 1.807) is 26.4 Å². The summed E-state index contributed by atoms with van der Waals surface area (Å²) in [5.74, 6) is 3.16. The minimum atomic E-state index is -0.937. The Balaban J connectivity index is 0.000000363. The Labute approximate surface area is 403 Å². The molecule has 65 heavy (non-hydrogen) atoms. The summed E-state index contributed by atoms with van der Waals surface area (Å²) in [6.45, 7) is 16.8. The second kappa shape index (κ2) is 34.6. The largest absolute Gasteiger partial charge is 0.491 e. The number of nitrogens with one attached hydrogen (secondary N) is 1. The predicted molar refractivity (Wildman–Crippen MR) is 264 cm³/mol. The van der Waals surface area contributed by atoms with Gasteiger partial charge in [0.25, 0.3) is 5.91 Å². The molecular formula is C50H84Cl2N4O9. The lowest BCUT2D eigenvalue weighted by atomic mass is 9.83. The predicted octanol–water partition coefficient (Wildman–Crippen LogP) is 8.25. The molecule has 1 amide bonds. The maximum absolute atomic E-state index is 12.9. The van der Waals surface area contributed by atoms with Gasteiger partial charge in [0.05, 0.1) is 32.0 Å². The first-order valence-electron chi connectivity index (χ1n) is 24.1. The highest BCUT2D eigenvalue weighted by Crippen LogP contribution is 2.29. The van der Waals surface area contributed by atoms with E-state index in [9.17, 15) is 9.59 Å². The van der Waals surface area contributed by atoms with Crippen molar-refractivity contribution >= 4 is 36.7 Å². The molecule has 6 rings (SSSR count). The van der Waals surface area contributed by atoms with Gasteiger partial charge in [-0.15, -0.1) is 24.8 Å². The fourth-order valence-electron chi connectivity index (χ4n) is 9.35. The number of methoxy groups -OCH3 is 2. The summed E-state index contributed by atoms with van der Waals surface area (Å²) in [7, 11) is 3.25. The smallest absolute Gasteiger partial charge is 0.335 e. The third-order valence-corrected chi connectivity index (χ3v) is 12.8. The summed E-state index contributed by atoms with van der Waals surface area (Å²) in [5, 5.41) is 12.0. The van der Waals surface area contributed by atoms with E-state index in [0.29, 0.717) is 55.6 Å². The topological polar surface area (TPSA) is 154 Å². The SMILES string of the molecule is CCOC[C@H]1CCCN(C[C@H]2CCCC[C@@H]2N)C1.CCOC[C@H]1CCCN(C[C@H]2CCCC[C@@H]2NC(=O)c2ccc(OCCOC)cc2)C1.COCCOc1ccc(C(=O)O)cc1.Cl.Cl. The monoisotopic (exact) mass is 955 g/mol. The summed E-state index contributed by atoms with van der Waals surface area (Å²) >= 11 is 0. The molecule has 0 spiro atoms. The van der Waals surface area contributed by atoms with E-state index in [1.807, 2.05) is 24.3 Å². The Morgan fingerprint density at radius 3 is 1.57 bits per heavy atom. The number of halogens is 2. The number of carbonyl (C=O) groups excluding carboxylic acids is 1. The van der Waals surface area contributed by atoms with Crippen LogP contribution in [-0.2, 0) is 18.9 Å². The van der Waals surface area contributed by atoms with Crippen molar-refractivity contribution in [1.29, 1.82) is 0 Å². The minimum absolute atomic E-state index is 0. The normalized spacial score (nSPS) is 23.5. The molecule has 6 atom stereocenters. The fraction of sp³-hybridized carbons (Fsp3) is 0.720. The molecule has 4 aliphatic rings. The minimum Gasteiger partial charge on any atom is -0.491 e. The van der Waals surface area contributed by atoms with Gasteiger partial charge in [-0.25, -0.2) is 4.79 Å².